The maximum Gasteiger partial charge on any atom is 0.305 e. The average Bonchev–Trinajstić information content (AvgIpc) is 3.19. The molecule has 3 aromatic rings. The molecule has 0 saturated carbocycles. The standard InChI is InChI=1S/C21H24N6O3/c28-20(24-18(13-21(29)30)16-7-2-1-3-8-16)15-27-14-17(25-26-27)9-6-12-23-19-10-4-5-11-22-19/h1-5,7-8,10-11,14,18H,6,9,12-13,15H2,(H,22,23)(H,24,28)(H,29,30)/t18-/m0/s1. The summed E-state index contributed by atoms with van der Waals surface area (Å²) in [5.74, 6) is -0.475. The van der Waals surface area contributed by atoms with Gasteiger partial charge in [-0.05, 0) is 30.5 Å². The first kappa shape index (κ1) is 21.0. The van der Waals surface area contributed by atoms with Crippen molar-refractivity contribution in [2.45, 2.75) is 31.8 Å². The zero-order valence-electron chi connectivity index (χ0n) is 16.4. The van der Waals surface area contributed by atoms with E-state index in [9.17, 15) is 9.59 Å². The summed E-state index contributed by atoms with van der Waals surface area (Å²) < 4.78 is 1.46. The van der Waals surface area contributed by atoms with E-state index in [1.165, 1.54) is 4.68 Å². The van der Waals surface area contributed by atoms with Crippen molar-refractivity contribution in [3.63, 3.8) is 0 Å². The summed E-state index contributed by atoms with van der Waals surface area (Å²) in [4.78, 5) is 27.7. The van der Waals surface area contributed by atoms with Crippen molar-refractivity contribution >= 4 is 17.7 Å². The molecule has 3 rings (SSSR count). The topological polar surface area (TPSA) is 122 Å². The van der Waals surface area contributed by atoms with Crippen LogP contribution in [0.25, 0.3) is 0 Å². The summed E-state index contributed by atoms with van der Waals surface area (Å²) in [5.41, 5.74) is 1.53. The Morgan fingerprint density at radius 3 is 2.63 bits per heavy atom. The molecule has 30 heavy (non-hydrogen) atoms. The van der Waals surface area contributed by atoms with Gasteiger partial charge >= 0.3 is 5.97 Å². The Labute approximate surface area is 174 Å². The van der Waals surface area contributed by atoms with Gasteiger partial charge in [0.25, 0.3) is 0 Å². The molecule has 0 aliphatic rings. The Balaban J connectivity index is 1.47. The van der Waals surface area contributed by atoms with Crippen molar-refractivity contribution in [1.82, 2.24) is 25.3 Å². The SMILES string of the molecule is O=C(O)C[C@H](NC(=O)Cn1cc(CCCNc2ccccn2)nn1)c1ccccc1. The summed E-state index contributed by atoms with van der Waals surface area (Å²) in [6, 6.07) is 14.1. The number of carbonyl (C=O) groups excluding carboxylic acids is 1. The Morgan fingerprint density at radius 2 is 1.90 bits per heavy atom. The molecular formula is C21H24N6O3. The minimum atomic E-state index is -0.980. The zero-order valence-corrected chi connectivity index (χ0v) is 16.4. The van der Waals surface area contributed by atoms with E-state index in [2.05, 4.69) is 25.9 Å². The zero-order chi connectivity index (χ0) is 21.2. The number of benzene rings is 1. The lowest BCUT2D eigenvalue weighted by atomic mass is 10.0. The van der Waals surface area contributed by atoms with Gasteiger partial charge in [0.1, 0.15) is 12.4 Å². The van der Waals surface area contributed by atoms with Gasteiger partial charge < -0.3 is 15.7 Å². The van der Waals surface area contributed by atoms with Gasteiger partial charge in [-0.2, -0.15) is 0 Å². The van der Waals surface area contributed by atoms with Crippen LogP contribution in [0.2, 0.25) is 0 Å². The Hall–Kier alpha value is -3.75. The molecule has 2 aromatic heterocycles. The molecule has 0 unspecified atom stereocenters. The number of nitrogens with one attached hydrogen (secondary N) is 2. The summed E-state index contributed by atoms with van der Waals surface area (Å²) in [5, 5.41) is 23.2. The van der Waals surface area contributed by atoms with E-state index in [1.54, 1.807) is 24.5 Å². The number of hydrogen-bond acceptors (Lipinski definition) is 6. The second-order valence-electron chi connectivity index (χ2n) is 6.78. The minimum absolute atomic E-state index is 0.0257. The predicted octanol–water partition coefficient (Wildman–Crippen LogP) is 2.05. The summed E-state index contributed by atoms with van der Waals surface area (Å²) in [6.45, 7) is 0.723. The molecule has 0 radical (unpaired) electrons. The van der Waals surface area contributed by atoms with Crippen LogP contribution in [-0.2, 0) is 22.6 Å². The van der Waals surface area contributed by atoms with E-state index < -0.39 is 12.0 Å². The number of carbonyl (C=O) groups is 2. The smallest absolute Gasteiger partial charge is 0.305 e. The van der Waals surface area contributed by atoms with Gasteiger partial charge in [0.2, 0.25) is 5.91 Å². The molecule has 156 valence electrons. The van der Waals surface area contributed by atoms with Gasteiger partial charge in [-0.1, -0.05) is 41.6 Å². The molecule has 0 aliphatic heterocycles. The van der Waals surface area contributed by atoms with Crippen LogP contribution in [0.5, 0.6) is 0 Å². The fraction of sp³-hybridized carbons (Fsp3) is 0.286. The Bertz CT molecular complexity index is 946. The van der Waals surface area contributed by atoms with E-state index in [-0.39, 0.29) is 18.9 Å². The molecule has 0 bridgehead atoms. The van der Waals surface area contributed by atoms with Crippen LogP contribution in [0.15, 0.2) is 60.9 Å². The van der Waals surface area contributed by atoms with Crippen molar-refractivity contribution in [3.05, 3.63) is 72.2 Å². The molecule has 0 aliphatic carbocycles. The van der Waals surface area contributed by atoms with Crippen LogP contribution < -0.4 is 10.6 Å². The lowest BCUT2D eigenvalue weighted by Gasteiger charge is -2.17. The molecule has 3 N–H and O–H groups in total. The number of carboxylic acid groups (broad SMARTS) is 1. The molecule has 0 saturated heterocycles. The van der Waals surface area contributed by atoms with Crippen molar-refractivity contribution in [1.29, 1.82) is 0 Å². The molecule has 0 spiro atoms. The molecule has 2 heterocycles. The third kappa shape index (κ3) is 6.69. The van der Waals surface area contributed by atoms with Crippen LogP contribution in [0, 0.1) is 0 Å². The summed E-state index contributed by atoms with van der Waals surface area (Å²) in [7, 11) is 0. The monoisotopic (exact) mass is 408 g/mol. The predicted molar refractivity (Wildman–Crippen MR) is 111 cm³/mol. The number of carboxylic acids is 1. The second-order valence-corrected chi connectivity index (χ2v) is 6.78. The van der Waals surface area contributed by atoms with Gasteiger partial charge in [0, 0.05) is 18.9 Å². The van der Waals surface area contributed by atoms with Crippen LogP contribution in [-0.4, -0.2) is 43.5 Å². The van der Waals surface area contributed by atoms with Crippen molar-refractivity contribution in [3.8, 4) is 0 Å². The third-order valence-corrected chi connectivity index (χ3v) is 4.39. The summed E-state index contributed by atoms with van der Waals surface area (Å²) in [6.07, 6.45) is 4.83. The van der Waals surface area contributed by atoms with E-state index in [4.69, 9.17) is 5.11 Å². The highest BCUT2D eigenvalue weighted by Gasteiger charge is 2.18. The largest absolute Gasteiger partial charge is 0.481 e. The van der Waals surface area contributed by atoms with Gasteiger partial charge in [0.15, 0.2) is 0 Å². The molecule has 1 amide bonds. The molecule has 0 fully saturated rings. The van der Waals surface area contributed by atoms with Gasteiger partial charge in [0.05, 0.1) is 18.2 Å². The maximum absolute atomic E-state index is 12.4. The summed E-state index contributed by atoms with van der Waals surface area (Å²) >= 11 is 0. The van der Waals surface area contributed by atoms with Gasteiger partial charge in [-0.3, -0.25) is 9.59 Å². The number of anilines is 1. The number of amides is 1. The maximum atomic E-state index is 12.4. The van der Waals surface area contributed by atoms with Crippen LogP contribution in [0.3, 0.4) is 0 Å². The van der Waals surface area contributed by atoms with E-state index in [0.29, 0.717) is 6.42 Å². The van der Waals surface area contributed by atoms with E-state index >= 15 is 0 Å². The van der Waals surface area contributed by atoms with Crippen molar-refractivity contribution in [2.24, 2.45) is 0 Å². The lowest BCUT2D eigenvalue weighted by molar-refractivity contribution is -0.137. The van der Waals surface area contributed by atoms with Crippen molar-refractivity contribution in [2.75, 3.05) is 11.9 Å². The normalized spacial score (nSPS) is 11.6. The quantitative estimate of drug-likeness (QED) is 0.415. The first-order valence-corrected chi connectivity index (χ1v) is 9.70. The fourth-order valence-electron chi connectivity index (χ4n) is 2.98. The number of aliphatic carboxylic acids is 1. The first-order chi connectivity index (χ1) is 14.6. The Morgan fingerprint density at radius 1 is 1.10 bits per heavy atom. The number of nitrogens with zero attached hydrogens (tertiary/aromatic N) is 4. The number of pyridine rings is 1. The molecule has 9 heteroatoms. The minimum Gasteiger partial charge on any atom is -0.481 e. The Kier molecular flexibility index (Phi) is 7.48. The number of rotatable bonds is 11. The molecular weight excluding hydrogens is 384 g/mol. The first-order valence-electron chi connectivity index (χ1n) is 9.70. The van der Waals surface area contributed by atoms with Gasteiger partial charge in [-0.15, -0.1) is 5.10 Å². The van der Waals surface area contributed by atoms with Crippen molar-refractivity contribution < 1.29 is 14.7 Å². The molecule has 9 nitrogen and oxygen atoms in total. The fourth-order valence-corrected chi connectivity index (χ4v) is 2.98. The van der Waals surface area contributed by atoms with E-state index in [0.717, 1.165) is 30.0 Å². The number of hydrogen-bond donors (Lipinski definition) is 3. The highest BCUT2D eigenvalue weighted by molar-refractivity contribution is 5.77. The lowest BCUT2D eigenvalue weighted by Crippen LogP contribution is -2.33. The van der Waals surface area contributed by atoms with Crippen LogP contribution >= 0.6 is 0 Å². The third-order valence-electron chi connectivity index (χ3n) is 4.39. The molecule has 1 aromatic carbocycles. The van der Waals surface area contributed by atoms with Crippen LogP contribution in [0.4, 0.5) is 5.82 Å². The second kappa shape index (κ2) is 10.7. The molecule has 1 atom stereocenters. The van der Waals surface area contributed by atoms with E-state index in [1.807, 2.05) is 36.4 Å². The number of aromatic nitrogens is 4. The number of aryl methyl sites for hydroxylation is 1. The van der Waals surface area contributed by atoms with Gasteiger partial charge in [-0.25, -0.2) is 9.67 Å². The average molecular weight is 408 g/mol. The van der Waals surface area contributed by atoms with Crippen LogP contribution in [0.1, 0.15) is 30.1 Å². The highest BCUT2D eigenvalue weighted by atomic mass is 16.4. The highest BCUT2D eigenvalue weighted by Crippen LogP contribution is 2.16.